The van der Waals surface area contributed by atoms with E-state index in [-0.39, 0.29) is 0 Å². The van der Waals surface area contributed by atoms with E-state index in [1.54, 1.807) is 0 Å². The second-order valence-electron chi connectivity index (χ2n) is 22.5. The third-order valence-corrected chi connectivity index (χ3v) is 15.5. The standard InChI is InChI=1S/C64H127NO5/c1-3-5-7-9-11-13-15-17-19-21-23-25-27-29-30-31-32-33-34-36-38-40-42-44-46-48-50-52-54-56-58-62(68)64(70)65-60(59-66)63(69)61(67)57-55-53-51-49-47-45-43-41-39-37-35-28-26-24-22-20-18-16-14-12-10-8-6-4-2/h29-30,60-63,66-69H,3-28,31-59H2,1-2H3,(H,65,70)/b30-29-. The molecule has 0 aliphatic rings. The van der Waals surface area contributed by atoms with E-state index < -0.39 is 36.9 Å². The molecule has 0 aliphatic heterocycles. The molecule has 0 aromatic rings. The van der Waals surface area contributed by atoms with Gasteiger partial charge in [-0.15, -0.1) is 0 Å². The van der Waals surface area contributed by atoms with E-state index in [1.165, 1.54) is 295 Å². The first-order valence-electron chi connectivity index (χ1n) is 32.1. The van der Waals surface area contributed by atoms with Crippen molar-refractivity contribution in [2.75, 3.05) is 6.61 Å². The van der Waals surface area contributed by atoms with E-state index in [0.29, 0.717) is 12.8 Å². The Morgan fingerprint density at radius 2 is 0.571 bits per heavy atom. The molecule has 0 aliphatic carbocycles. The molecular formula is C64H127NO5. The summed E-state index contributed by atoms with van der Waals surface area (Å²) in [5.74, 6) is -0.576. The van der Waals surface area contributed by atoms with Gasteiger partial charge in [-0.05, 0) is 38.5 Å². The van der Waals surface area contributed by atoms with Gasteiger partial charge in [0, 0.05) is 0 Å². The number of carbonyl (C=O) groups is 1. The van der Waals surface area contributed by atoms with Gasteiger partial charge in [0.1, 0.15) is 12.2 Å². The summed E-state index contributed by atoms with van der Waals surface area (Å²) in [6.07, 6.45) is 71.6. The Labute approximate surface area is 438 Å². The molecule has 0 aromatic carbocycles. The lowest BCUT2D eigenvalue weighted by Crippen LogP contribution is -2.53. The Hall–Kier alpha value is -0.950. The number of unbranched alkanes of at least 4 members (excludes halogenated alkanes) is 49. The van der Waals surface area contributed by atoms with E-state index in [1.807, 2.05) is 0 Å². The molecule has 0 aromatic heterocycles. The van der Waals surface area contributed by atoms with E-state index in [4.69, 9.17) is 0 Å². The zero-order valence-electron chi connectivity index (χ0n) is 47.6. The first-order chi connectivity index (χ1) is 34.5. The molecule has 5 N–H and O–H groups in total. The number of aliphatic hydroxyl groups is 4. The van der Waals surface area contributed by atoms with Gasteiger partial charge in [-0.3, -0.25) is 4.79 Å². The van der Waals surface area contributed by atoms with E-state index in [2.05, 4.69) is 31.3 Å². The molecule has 6 nitrogen and oxygen atoms in total. The third kappa shape index (κ3) is 51.9. The average molecular weight is 991 g/mol. The van der Waals surface area contributed by atoms with E-state index >= 15 is 0 Å². The minimum absolute atomic E-state index is 0.373. The molecule has 0 bridgehead atoms. The SMILES string of the molecule is CCCCCCCCCCCCCC/C=C\CCCCCCCCCCCCCCCCC(O)C(=O)NC(CO)C(O)C(O)CCCCCCCCCCCCCCCCCCCCCCCCCC. The van der Waals surface area contributed by atoms with Crippen molar-refractivity contribution < 1.29 is 25.2 Å². The Bertz CT molecular complexity index is 1020. The van der Waals surface area contributed by atoms with Gasteiger partial charge in [-0.25, -0.2) is 0 Å². The van der Waals surface area contributed by atoms with Crippen molar-refractivity contribution in [3.63, 3.8) is 0 Å². The summed E-state index contributed by atoms with van der Waals surface area (Å²) in [5.41, 5.74) is 0. The van der Waals surface area contributed by atoms with Crippen molar-refractivity contribution in [1.82, 2.24) is 5.32 Å². The molecule has 6 heteroatoms. The van der Waals surface area contributed by atoms with Crippen LogP contribution in [0.3, 0.4) is 0 Å². The Balaban J connectivity index is 3.55. The molecule has 0 spiro atoms. The smallest absolute Gasteiger partial charge is 0.249 e. The summed E-state index contributed by atoms with van der Waals surface area (Å²) in [5, 5.41) is 44.2. The monoisotopic (exact) mass is 990 g/mol. The number of allylic oxidation sites excluding steroid dienone is 2. The molecule has 418 valence electrons. The van der Waals surface area contributed by atoms with Crippen LogP contribution in [0.25, 0.3) is 0 Å². The van der Waals surface area contributed by atoms with Crippen molar-refractivity contribution in [1.29, 1.82) is 0 Å². The summed E-state index contributed by atoms with van der Waals surface area (Å²) in [6.45, 7) is 4.11. The van der Waals surface area contributed by atoms with Crippen LogP contribution in [0.1, 0.15) is 361 Å². The average Bonchev–Trinajstić information content (AvgIpc) is 3.36. The van der Waals surface area contributed by atoms with Crippen LogP contribution in [0.4, 0.5) is 0 Å². The van der Waals surface area contributed by atoms with E-state index in [0.717, 1.165) is 38.5 Å². The van der Waals surface area contributed by atoms with Gasteiger partial charge in [0.05, 0.1) is 18.8 Å². The van der Waals surface area contributed by atoms with Crippen molar-refractivity contribution in [3.05, 3.63) is 12.2 Å². The molecule has 0 rings (SSSR count). The first-order valence-corrected chi connectivity index (χ1v) is 32.1. The van der Waals surface area contributed by atoms with Crippen molar-refractivity contribution in [2.45, 2.75) is 385 Å². The van der Waals surface area contributed by atoms with Gasteiger partial charge in [0.2, 0.25) is 5.91 Å². The summed E-state index contributed by atoms with van der Waals surface area (Å²) in [4.78, 5) is 12.6. The lowest BCUT2D eigenvalue weighted by atomic mass is 9.99. The highest BCUT2D eigenvalue weighted by molar-refractivity contribution is 5.80. The maximum absolute atomic E-state index is 12.6. The number of amides is 1. The number of carbonyl (C=O) groups excluding carboxylic acids is 1. The lowest BCUT2D eigenvalue weighted by molar-refractivity contribution is -0.132. The van der Waals surface area contributed by atoms with Gasteiger partial charge in [0.15, 0.2) is 0 Å². The number of rotatable bonds is 60. The second-order valence-corrected chi connectivity index (χ2v) is 22.5. The minimum Gasteiger partial charge on any atom is -0.394 e. The fraction of sp³-hybridized carbons (Fsp3) is 0.953. The molecule has 0 radical (unpaired) electrons. The van der Waals surface area contributed by atoms with Gasteiger partial charge in [-0.1, -0.05) is 334 Å². The quantitative estimate of drug-likeness (QED) is 0.0308. The fourth-order valence-corrected chi connectivity index (χ4v) is 10.5. The minimum atomic E-state index is -1.26. The van der Waals surface area contributed by atoms with Gasteiger partial charge < -0.3 is 25.7 Å². The van der Waals surface area contributed by atoms with E-state index in [9.17, 15) is 25.2 Å². The number of hydrogen-bond acceptors (Lipinski definition) is 5. The molecule has 0 saturated carbocycles. The van der Waals surface area contributed by atoms with Crippen LogP contribution in [-0.4, -0.2) is 57.3 Å². The van der Waals surface area contributed by atoms with Gasteiger partial charge in [0.25, 0.3) is 0 Å². The lowest BCUT2D eigenvalue weighted by Gasteiger charge is -2.27. The molecule has 4 unspecified atom stereocenters. The predicted molar refractivity (Wildman–Crippen MR) is 307 cm³/mol. The maximum Gasteiger partial charge on any atom is 0.249 e. The van der Waals surface area contributed by atoms with Crippen LogP contribution in [-0.2, 0) is 4.79 Å². The largest absolute Gasteiger partial charge is 0.394 e. The van der Waals surface area contributed by atoms with Crippen LogP contribution in [0, 0.1) is 0 Å². The molecule has 70 heavy (non-hydrogen) atoms. The van der Waals surface area contributed by atoms with Crippen molar-refractivity contribution >= 4 is 5.91 Å². The zero-order valence-corrected chi connectivity index (χ0v) is 47.6. The fourth-order valence-electron chi connectivity index (χ4n) is 10.5. The normalized spacial score (nSPS) is 13.6. The third-order valence-electron chi connectivity index (χ3n) is 15.5. The number of hydrogen-bond donors (Lipinski definition) is 5. The summed E-state index contributed by atoms with van der Waals surface area (Å²) in [6, 6.07) is -0.984. The number of nitrogens with one attached hydrogen (secondary N) is 1. The molecule has 4 atom stereocenters. The predicted octanol–water partition coefficient (Wildman–Crippen LogP) is 19.2. The maximum atomic E-state index is 12.6. The van der Waals surface area contributed by atoms with Crippen LogP contribution >= 0.6 is 0 Å². The highest BCUT2D eigenvalue weighted by atomic mass is 16.3. The van der Waals surface area contributed by atoms with Crippen molar-refractivity contribution in [2.24, 2.45) is 0 Å². The topological polar surface area (TPSA) is 110 Å². The zero-order chi connectivity index (χ0) is 50.9. The highest BCUT2D eigenvalue weighted by Gasteiger charge is 2.28. The summed E-state index contributed by atoms with van der Waals surface area (Å²) < 4.78 is 0. The molecule has 0 saturated heterocycles. The van der Waals surface area contributed by atoms with Crippen LogP contribution in [0.2, 0.25) is 0 Å². The summed E-state index contributed by atoms with van der Waals surface area (Å²) >= 11 is 0. The van der Waals surface area contributed by atoms with Crippen LogP contribution < -0.4 is 5.32 Å². The first kappa shape index (κ1) is 69.0. The molecular weight excluding hydrogens is 863 g/mol. The molecule has 0 heterocycles. The number of aliphatic hydroxyl groups excluding tert-OH is 4. The molecule has 1 amide bonds. The Morgan fingerprint density at radius 3 is 0.829 bits per heavy atom. The summed E-state index contributed by atoms with van der Waals surface area (Å²) in [7, 11) is 0. The Kier molecular flexibility index (Phi) is 58.1. The Morgan fingerprint density at radius 1 is 0.343 bits per heavy atom. The highest BCUT2D eigenvalue weighted by Crippen LogP contribution is 2.19. The van der Waals surface area contributed by atoms with Crippen molar-refractivity contribution in [3.8, 4) is 0 Å². The van der Waals surface area contributed by atoms with Crippen LogP contribution in [0.5, 0.6) is 0 Å². The molecule has 0 fully saturated rings. The van der Waals surface area contributed by atoms with Gasteiger partial charge in [-0.2, -0.15) is 0 Å². The van der Waals surface area contributed by atoms with Gasteiger partial charge >= 0.3 is 0 Å². The second kappa shape index (κ2) is 58.9. The van der Waals surface area contributed by atoms with Crippen LogP contribution in [0.15, 0.2) is 12.2 Å².